The van der Waals surface area contributed by atoms with E-state index in [1.54, 1.807) is 46.1 Å². The highest BCUT2D eigenvalue weighted by Gasteiger charge is 2.65. The fourth-order valence-electron chi connectivity index (χ4n) is 7.75. The zero-order valence-electron chi connectivity index (χ0n) is 32.3. The van der Waals surface area contributed by atoms with Crippen molar-refractivity contribution in [1.29, 1.82) is 0 Å². The van der Waals surface area contributed by atoms with Gasteiger partial charge in [-0.3, -0.25) is 19.1 Å². The normalized spacial score (nSPS) is 26.8. The molecule has 14 nitrogen and oxygen atoms in total. The van der Waals surface area contributed by atoms with Gasteiger partial charge in [0.2, 0.25) is 21.8 Å². The predicted octanol–water partition coefficient (Wildman–Crippen LogP) is 4.62. The SMILES string of the molecule is C=CC1CC1(NC(=O)OC(C)(C)C)C(=O)N1C[C@H](Oc2cc(-c3ccccc3)nc3cc(OC)ccc23)C[C@H]1C(=O)N[C@]1(C(=O)NS(=O)(=O)C2CC2)C[C@H]1CC. The number of methoxy groups -OCH3 is 1. The van der Waals surface area contributed by atoms with Crippen LogP contribution in [0.5, 0.6) is 11.5 Å². The number of pyridine rings is 1. The van der Waals surface area contributed by atoms with Crippen LogP contribution in [0.15, 0.2) is 67.3 Å². The first kappa shape index (κ1) is 39.1. The van der Waals surface area contributed by atoms with E-state index >= 15 is 0 Å². The van der Waals surface area contributed by atoms with Gasteiger partial charge in [0.1, 0.15) is 40.3 Å². The number of likely N-dealkylation sites (tertiary alicyclic amines) is 1. The van der Waals surface area contributed by atoms with Gasteiger partial charge in [-0.25, -0.2) is 18.2 Å². The van der Waals surface area contributed by atoms with Crippen LogP contribution in [0, 0.1) is 11.8 Å². The maximum absolute atomic E-state index is 14.7. The van der Waals surface area contributed by atoms with E-state index in [4.69, 9.17) is 19.2 Å². The van der Waals surface area contributed by atoms with Gasteiger partial charge in [-0.1, -0.05) is 49.8 Å². The summed E-state index contributed by atoms with van der Waals surface area (Å²) < 4.78 is 45.5. The summed E-state index contributed by atoms with van der Waals surface area (Å²) in [6.45, 7) is 10.8. The van der Waals surface area contributed by atoms with Gasteiger partial charge in [0.05, 0.1) is 30.1 Å². The summed E-state index contributed by atoms with van der Waals surface area (Å²) in [4.78, 5) is 62.2. The van der Waals surface area contributed by atoms with Crippen LogP contribution in [0.25, 0.3) is 22.2 Å². The van der Waals surface area contributed by atoms with E-state index in [1.165, 1.54) is 4.90 Å². The van der Waals surface area contributed by atoms with Crippen LogP contribution in [0.2, 0.25) is 0 Å². The average Bonchev–Trinajstić information content (AvgIpc) is 4.09. The number of benzene rings is 2. The fraction of sp³-hybridized carbons (Fsp3) is 0.488. The first-order chi connectivity index (χ1) is 26.5. The largest absolute Gasteiger partial charge is 0.497 e. The van der Waals surface area contributed by atoms with Crippen LogP contribution in [0.4, 0.5) is 4.79 Å². The van der Waals surface area contributed by atoms with Gasteiger partial charge < -0.3 is 29.7 Å². The maximum atomic E-state index is 14.7. The standard InChI is InChI=1S/C41H49N5O9S/c1-7-25-21-40(25,36(48)45-56(51,52)29-15-16-29)43-35(47)33-19-28(23-46(33)37(49)41(22-26(41)8-2)44-38(50)55-39(3,4)5)54-34-20-31(24-12-10-9-11-13-24)42-32-18-27(53-6)14-17-30(32)34/h8-14,17-18,20,25-26,28-29,33H,2,7,15-16,19,21-23H2,1,3-6H3,(H,43,47)(H,44,50)(H,45,48)/t25-,26?,28-,33+,40-,41?/m1/s1. The van der Waals surface area contributed by atoms with E-state index in [0.29, 0.717) is 47.4 Å². The number of nitrogens with zero attached hydrogens (tertiary/aromatic N) is 2. The molecule has 4 amide bonds. The van der Waals surface area contributed by atoms with Crippen LogP contribution < -0.4 is 24.8 Å². The minimum Gasteiger partial charge on any atom is -0.497 e. The molecular formula is C41H49N5O9S. The molecule has 6 atom stereocenters. The minimum atomic E-state index is -3.88. The Balaban J connectivity index is 1.22. The molecule has 1 aromatic heterocycles. The van der Waals surface area contributed by atoms with Crippen molar-refractivity contribution in [3.05, 3.63) is 67.3 Å². The Morgan fingerprint density at radius 2 is 1.75 bits per heavy atom. The second-order valence-electron chi connectivity index (χ2n) is 16.3. The third kappa shape index (κ3) is 7.65. The van der Waals surface area contributed by atoms with Crippen molar-refractivity contribution in [3.8, 4) is 22.8 Å². The smallest absolute Gasteiger partial charge is 0.408 e. The molecule has 7 rings (SSSR count). The van der Waals surface area contributed by atoms with Crippen molar-refractivity contribution >= 4 is 44.7 Å². The van der Waals surface area contributed by atoms with Crippen molar-refractivity contribution < 1.29 is 41.8 Å². The highest BCUT2D eigenvalue weighted by atomic mass is 32.2. The molecule has 56 heavy (non-hydrogen) atoms. The lowest BCUT2D eigenvalue weighted by atomic mass is 10.1. The molecule has 0 bridgehead atoms. The fourth-order valence-corrected chi connectivity index (χ4v) is 9.11. The Bertz CT molecular complexity index is 2190. The third-order valence-electron chi connectivity index (χ3n) is 11.1. The van der Waals surface area contributed by atoms with Gasteiger partial charge >= 0.3 is 6.09 Å². The van der Waals surface area contributed by atoms with Gasteiger partial charge in [0, 0.05) is 35.4 Å². The van der Waals surface area contributed by atoms with E-state index in [2.05, 4.69) is 21.9 Å². The molecule has 0 spiro atoms. The summed E-state index contributed by atoms with van der Waals surface area (Å²) in [5, 5.41) is 5.72. The number of amides is 4. The van der Waals surface area contributed by atoms with E-state index in [-0.39, 0.29) is 31.7 Å². The van der Waals surface area contributed by atoms with Gasteiger partial charge in [-0.2, -0.15) is 0 Å². The Morgan fingerprint density at radius 3 is 2.36 bits per heavy atom. The minimum absolute atomic E-state index is 0.0361. The van der Waals surface area contributed by atoms with E-state index in [0.717, 1.165) is 5.56 Å². The van der Waals surface area contributed by atoms with E-state index in [9.17, 15) is 27.6 Å². The van der Waals surface area contributed by atoms with Gasteiger partial charge in [0.25, 0.3) is 5.91 Å². The number of ether oxygens (including phenoxy) is 3. The number of fused-ring (bicyclic) bond motifs is 1. The highest BCUT2D eigenvalue weighted by Crippen LogP contribution is 2.49. The molecule has 3 aromatic rings. The number of carbonyl (C=O) groups excluding carboxylic acids is 4. The zero-order chi connectivity index (χ0) is 40.2. The molecule has 3 saturated carbocycles. The van der Waals surface area contributed by atoms with Crippen molar-refractivity contribution in [2.45, 2.75) is 100 Å². The Morgan fingerprint density at radius 1 is 1.02 bits per heavy atom. The molecule has 1 saturated heterocycles. The molecule has 2 aromatic carbocycles. The molecule has 2 unspecified atom stereocenters. The molecule has 3 aliphatic carbocycles. The summed E-state index contributed by atoms with van der Waals surface area (Å²) in [5.74, 6) is -1.59. The lowest BCUT2D eigenvalue weighted by Gasteiger charge is -2.31. The van der Waals surface area contributed by atoms with E-state index < -0.39 is 73.8 Å². The summed E-state index contributed by atoms with van der Waals surface area (Å²) in [7, 11) is -2.31. The Hall–Kier alpha value is -5.18. The monoisotopic (exact) mass is 787 g/mol. The molecule has 0 radical (unpaired) electrons. The number of rotatable bonds is 13. The van der Waals surface area contributed by atoms with Crippen LogP contribution in [-0.4, -0.2) is 89.8 Å². The number of sulfonamides is 1. The number of nitrogens with one attached hydrogen (secondary N) is 3. The van der Waals surface area contributed by atoms with Gasteiger partial charge in [-0.15, -0.1) is 6.58 Å². The molecule has 15 heteroatoms. The van der Waals surface area contributed by atoms with Crippen molar-refractivity contribution in [2.75, 3.05) is 13.7 Å². The second-order valence-corrected chi connectivity index (χ2v) is 18.3. The van der Waals surface area contributed by atoms with Gasteiger partial charge in [-0.05, 0) is 64.5 Å². The van der Waals surface area contributed by atoms with Crippen LogP contribution in [0.3, 0.4) is 0 Å². The molecular weight excluding hydrogens is 739 g/mol. The lowest BCUT2D eigenvalue weighted by Crippen LogP contribution is -2.59. The first-order valence-corrected chi connectivity index (χ1v) is 20.6. The van der Waals surface area contributed by atoms with Crippen LogP contribution in [0.1, 0.15) is 66.2 Å². The highest BCUT2D eigenvalue weighted by molar-refractivity contribution is 7.91. The quantitative estimate of drug-likeness (QED) is 0.207. The molecule has 3 N–H and O–H groups in total. The first-order valence-electron chi connectivity index (χ1n) is 19.1. The lowest BCUT2D eigenvalue weighted by molar-refractivity contribution is -0.142. The number of aromatic nitrogens is 1. The summed E-state index contributed by atoms with van der Waals surface area (Å²) in [6.07, 6.45) is 2.07. The molecule has 4 aliphatic rings. The number of carbonyl (C=O) groups is 4. The number of hydrogen-bond acceptors (Lipinski definition) is 10. The van der Waals surface area contributed by atoms with E-state index in [1.807, 2.05) is 49.4 Å². The second kappa shape index (κ2) is 14.4. The Kier molecular flexibility index (Phi) is 10.0. The Labute approximate surface area is 326 Å². The summed E-state index contributed by atoms with van der Waals surface area (Å²) >= 11 is 0. The van der Waals surface area contributed by atoms with Crippen molar-refractivity contribution in [2.24, 2.45) is 11.8 Å². The predicted molar refractivity (Wildman–Crippen MR) is 208 cm³/mol. The maximum Gasteiger partial charge on any atom is 0.408 e. The van der Waals surface area contributed by atoms with Crippen LogP contribution >= 0.6 is 0 Å². The molecule has 1 aliphatic heterocycles. The van der Waals surface area contributed by atoms with Gasteiger partial charge in [0.15, 0.2) is 0 Å². The number of alkyl carbamates (subject to hydrolysis) is 1. The zero-order valence-corrected chi connectivity index (χ0v) is 33.1. The third-order valence-corrected chi connectivity index (χ3v) is 12.9. The summed E-state index contributed by atoms with van der Waals surface area (Å²) in [5.41, 5.74) is -1.60. The summed E-state index contributed by atoms with van der Waals surface area (Å²) in [6, 6.07) is 15.7. The average molecular weight is 788 g/mol. The molecule has 298 valence electrons. The van der Waals surface area contributed by atoms with Crippen molar-refractivity contribution in [3.63, 3.8) is 0 Å². The van der Waals surface area contributed by atoms with Crippen LogP contribution in [-0.2, 0) is 29.1 Å². The van der Waals surface area contributed by atoms with Crippen molar-refractivity contribution in [1.82, 2.24) is 25.2 Å². The molecule has 2 heterocycles. The topological polar surface area (TPSA) is 182 Å². The molecule has 4 fully saturated rings. The number of hydrogen-bond donors (Lipinski definition) is 3.